The van der Waals surface area contributed by atoms with E-state index in [4.69, 9.17) is 0 Å². The van der Waals surface area contributed by atoms with Crippen molar-refractivity contribution in [2.75, 3.05) is 19.6 Å². The molecule has 1 aliphatic heterocycles. The van der Waals surface area contributed by atoms with Crippen molar-refractivity contribution >= 4 is 24.8 Å². The van der Waals surface area contributed by atoms with Crippen molar-refractivity contribution in [1.82, 2.24) is 10.6 Å². The van der Waals surface area contributed by atoms with Crippen LogP contribution in [0.4, 0.5) is 4.39 Å². The van der Waals surface area contributed by atoms with Gasteiger partial charge in [0.05, 0.1) is 6.04 Å². The summed E-state index contributed by atoms with van der Waals surface area (Å²) >= 11 is 0. The molecule has 0 aliphatic carbocycles. The third kappa shape index (κ3) is 4.11. The highest BCUT2D eigenvalue weighted by Crippen LogP contribution is 2.02. The Labute approximate surface area is 79.1 Å². The molecule has 1 saturated heterocycles. The summed E-state index contributed by atoms with van der Waals surface area (Å²) in [5, 5.41) is 6.03. The Morgan fingerprint density at radius 1 is 1.45 bits per heavy atom. The summed E-state index contributed by atoms with van der Waals surface area (Å²) in [5.41, 5.74) is 0. The molecule has 1 rings (SSSR count). The molecule has 0 aromatic rings. The number of rotatable bonds is 2. The van der Waals surface area contributed by atoms with Crippen LogP contribution in [0.1, 0.15) is 6.92 Å². The van der Waals surface area contributed by atoms with Gasteiger partial charge in [0.15, 0.2) is 0 Å². The zero-order valence-electron chi connectivity index (χ0n) is 6.47. The van der Waals surface area contributed by atoms with Gasteiger partial charge in [-0.15, -0.1) is 24.8 Å². The monoisotopic (exact) mass is 204 g/mol. The molecule has 0 bridgehead atoms. The second-order valence-electron chi connectivity index (χ2n) is 2.34. The van der Waals surface area contributed by atoms with Gasteiger partial charge >= 0.3 is 0 Å². The third-order valence-electron chi connectivity index (χ3n) is 1.61. The molecule has 0 aromatic carbocycles. The molecule has 0 aromatic heterocycles. The fourth-order valence-electron chi connectivity index (χ4n) is 1.11. The minimum absolute atomic E-state index is 0. The fourth-order valence-corrected chi connectivity index (χ4v) is 1.11. The lowest BCUT2D eigenvalue weighted by atomic mass is 10.2. The van der Waals surface area contributed by atoms with E-state index >= 15 is 0 Å². The minimum atomic E-state index is -0.690. The van der Waals surface area contributed by atoms with E-state index in [-0.39, 0.29) is 30.9 Å². The van der Waals surface area contributed by atoms with Gasteiger partial charge < -0.3 is 10.6 Å². The maximum Gasteiger partial charge on any atom is 0.129 e. The number of hydrogen-bond acceptors (Lipinski definition) is 2. The molecule has 1 heterocycles. The van der Waals surface area contributed by atoms with Crippen molar-refractivity contribution in [3.63, 3.8) is 0 Å². The highest BCUT2D eigenvalue weighted by atomic mass is 35.5. The Morgan fingerprint density at radius 3 is 2.45 bits per heavy atom. The van der Waals surface area contributed by atoms with Gasteiger partial charge in [0.1, 0.15) is 6.17 Å². The SMILES string of the molecule is CCN[C@@H]1CNC[C@@H]1F.Cl.Cl. The standard InChI is InChI=1S/C6H13FN2.2ClH/c1-2-9-6-4-8-3-5(6)7;;/h5-6,8-9H,2-4H2,1H3;2*1H/t5-,6+;;/m0../s1. The maximum atomic E-state index is 12.7. The van der Waals surface area contributed by atoms with Crippen LogP contribution in [0.15, 0.2) is 0 Å². The van der Waals surface area contributed by atoms with Gasteiger partial charge in [-0.2, -0.15) is 0 Å². The predicted molar refractivity (Wildman–Crippen MR) is 49.7 cm³/mol. The predicted octanol–water partition coefficient (Wildman–Crippen LogP) is 0.749. The summed E-state index contributed by atoms with van der Waals surface area (Å²) < 4.78 is 12.7. The average molecular weight is 205 g/mol. The molecule has 5 heteroatoms. The zero-order chi connectivity index (χ0) is 6.69. The van der Waals surface area contributed by atoms with Crippen LogP contribution in [0.5, 0.6) is 0 Å². The largest absolute Gasteiger partial charge is 0.312 e. The second kappa shape index (κ2) is 7.10. The first-order valence-corrected chi connectivity index (χ1v) is 3.42. The van der Waals surface area contributed by atoms with E-state index in [0.29, 0.717) is 6.54 Å². The molecular formula is C6H15Cl2FN2. The van der Waals surface area contributed by atoms with Crippen LogP contribution in [0.3, 0.4) is 0 Å². The Balaban J connectivity index is 0. The normalized spacial score (nSPS) is 28.9. The number of halogens is 3. The fraction of sp³-hybridized carbons (Fsp3) is 1.00. The summed E-state index contributed by atoms with van der Waals surface area (Å²) in [6.45, 7) is 4.13. The summed E-state index contributed by atoms with van der Waals surface area (Å²) in [6.07, 6.45) is -0.690. The van der Waals surface area contributed by atoms with Crippen molar-refractivity contribution in [2.24, 2.45) is 0 Å². The topological polar surface area (TPSA) is 24.1 Å². The van der Waals surface area contributed by atoms with Crippen molar-refractivity contribution in [3.05, 3.63) is 0 Å². The Bertz CT molecular complexity index is 94.7. The zero-order valence-corrected chi connectivity index (χ0v) is 8.10. The van der Waals surface area contributed by atoms with Gasteiger partial charge in [-0.3, -0.25) is 0 Å². The van der Waals surface area contributed by atoms with E-state index in [1.165, 1.54) is 0 Å². The van der Waals surface area contributed by atoms with Crippen LogP contribution in [0.25, 0.3) is 0 Å². The molecule has 1 fully saturated rings. The lowest BCUT2D eigenvalue weighted by molar-refractivity contribution is 0.302. The van der Waals surface area contributed by atoms with Crippen LogP contribution < -0.4 is 10.6 Å². The van der Waals surface area contributed by atoms with E-state index < -0.39 is 6.17 Å². The van der Waals surface area contributed by atoms with Gasteiger partial charge in [0.25, 0.3) is 0 Å². The van der Waals surface area contributed by atoms with Gasteiger partial charge in [-0.05, 0) is 6.54 Å². The Morgan fingerprint density at radius 2 is 2.09 bits per heavy atom. The maximum absolute atomic E-state index is 12.7. The quantitative estimate of drug-likeness (QED) is 0.695. The summed E-state index contributed by atoms with van der Waals surface area (Å²) in [5.74, 6) is 0. The first-order chi connectivity index (χ1) is 4.34. The van der Waals surface area contributed by atoms with Crippen molar-refractivity contribution in [3.8, 4) is 0 Å². The van der Waals surface area contributed by atoms with E-state index in [2.05, 4.69) is 10.6 Å². The van der Waals surface area contributed by atoms with E-state index in [1.807, 2.05) is 6.92 Å². The molecular weight excluding hydrogens is 190 g/mol. The molecule has 70 valence electrons. The Kier molecular flexibility index (Phi) is 9.02. The first-order valence-electron chi connectivity index (χ1n) is 3.42. The van der Waals surface area contributed by atoms with Crippen molar-refractivity contribution < 1.29 is 4.39 Å². The average Bonchev–Trinajstić information content (AvgIpc) is 2.18. The van der Waals surface area contributed by atoms with Gasteiger partial charge in [-0.25, -0.2) is 4.39 Å². The highest BCUT2D eigenvalue weighted by molar-refractivity contribution is 5.85. The van der Waals surface area contributed by atoms with Gasteiger partial charge in [-0.1, -0.05) is 6.92 Å². The molecule has 0 amide bonds. The second-order valence-corrected chi connectivity index (χ2v) is 2.34. The lowest BCUT2D eigenvalue weighted by Gasteiger charge is -2.10. The smallest absolute Gasteiger partial charge is 0.129 e. The minimum Gasteiger partial charge on any atom is -0.312 e. The molecule has 11 heavy (non-hydrogen) atoms. The molecule has 1 aliphatic rings. The molecule has 2 atom stereocenters. The molecule has 2 N–H and O–H groups in total. The van der Waals surface area contributed by atoms with Crippen molar-refractivity contribution in [1.29, 1.82) is 0 Å². The molecule has 0 saturated carbocycles. The van der Waals surface area contributed by atoms with E-state index in [9.17, 15) is 4.39 Å². The molecule has 0 spiro atoms. The number of alkyl halides is 1. The van der Waals surface area contributed by atoms with Crippen LogP contribution in [0.2, 0.25) is 0 Å². The number of hydrogen-bond donors (Lipinski definition) is 2. The van der Waals surface area contributed by atoms with E-state index in [1.54, 1.807) is 0 Å². The highest BCUT2D eigenvalue weighted by Gasteiger charge is 2.24. The van der Waals surface area contributed by atoms with Gasteiger partial charge in [0, 0.05) is 13.1 Å². The van der Waals surface area contributed by atoms with Crippen LogP contribution in [-0.2, 0) is 0 Å². The molecule has 0 unspecified atom stereocenters. The summed E-state index contributed by atoms with van der Waals surface area (Å²) in [7, 11) is 0. The van der Waals surface area contributed by atoms with Gasteiger partial charge in [0.2, 0.25) is 0 Å². The van der Waals surface area contributed by atoms with Crippen LogP contribution >= 0.6 is 24.8 Å². The summed E-state index contributed by atoms with van der Waals surface area (Å²) in [6, 6.07) is 0.0509. The molecule has 0 radical (unpaired) electrons. The third-order valence-corrected chi connectivity index (χ3v) is 1.61. The molecule has 2 nitrogen and oxygen atoms in total. The number of likely N-dealkylation sites (N-methyl/N-ethyl adjacent to an activating group) is 1. The summed E-state index contributed by atoms with van der Waals surface area (Å²) in [4.78, 5) is 0. The lowest BCUT2D eigenvalue weighted by Crippen LogP contribution is -2.36. The van der Waals surface area contributed by atoms with Crippen LogP contribution in [0, 0.1) is 0 Å². The van der Waals surface area contributed by atoms with E-state index in [0.717, 1.165) is 13.1 Å². The first kappa shape index (κ1) is 14.0. The number of nitrogens with one attached hydrogen (secondary N) is 2. The van der Waals surface area contributed by atoms with Crippen LogP contribution in [-0.4, -0.2) is 31.8 Å². The Hall–Kier alpha value is 0.430. The van der Waals surface area contributed by atoms with Crippen molar-refractivity contribution in [2.45, 2.75) is 19.1 Å².